The van der Waals surface area contributed by atoms with E-state index in [2.05, 4.69) is 15.3 Å². The number of anilines is 1. The summed E-state index contributed by atoms with van der Waals surface area (Å²) in [5.41, 5.74) is 0.953. The highest BCUT2D eigenvalue weighted by atomic mass is 16.5. The molecule has 0 aromatic carbocycles. The van der Waals surface area contributed by atoms with Gasteiger partial charge in [0.2, 0.25) is 0 Å². The average molecular weight is 374 g/mol. The SMILES string of the molecule is CCOC(=O)CNC(=O)N1CCN(c2nc3cccnc3n(C)c2=O)CC1. The van der Waals surface area contributed by atoms with Gasteiger partial charge >= 0.3 is 12.0 Å². The van der Waals surface area contributed by atoms with E-state index in [0.717, 1.165) is 0 Å². The number of ether oxygens (including phenoxy) is 1. The molecular formula is C17H22N6O4. The number of esters is 1. The van der Waals surface area contributed by atoms with Gasteiger partial charge in [0, 0.05) is 39.4 Å². The van der Waals surface area contributed by atoms with Crippen LogP contribution in [0.1, 0.15) is 6.92 Å². The van der Waals surface area contributed by atoms with E-state index in [-0.39, 0.29) is 24.7 Å². The molecule has 1 fully saturated rings. The van der Waals surface area contributed by atoms with E-state index < -0.39 is 5.97 Å². The number of piperazine rings is 1. The molecule has 3 rings (SSSR count). The Morgan fingerprint density at radius 3 is 2.70 bits per heavy atom. The van der Waals surface area contributed by atoms with E-state index in [4.69, 9.17) is 4.74 Å². The number of nitrogens with zero attached hydrogens (tertiary/aromatic N) is 5. The molecule has 144 valence electrons. The van der Waals surface area contributed by atoms with Crippen molar-refractivity contribution in [3.05, 3.63) is 28.7 Å². The molecule has 0 unspecified atom stereocenters. The van der Waals surface area contributed by atoms with Crippen molar-refractivity contribution < 1.29 is 14.3 Å². The summed E-state index contributed by atoms with van der Waals surface area (Å²) in [5.74, 6) is -0.119. The normalized spacial score (nSPS) is 14.3. The summed E-state index contributed by atoms with van der Waals surface area (Å²) in [7, 11) is 1.67. The first-order chi connectivity index (χ1) is 13.0. The Balaban J connectivity index is 1.65. The van der Waals surface area contributed by atoms with E-state index in [1.807, 2.05) is 11.0 Å². The summed E-state index contributed by atoms with van der Waals surface area (Å²) >= 11 is 0. The molecule has 1 saturated heterocycles. The lowest BCUT2D eigenvalue weighted by Crippen LogP contribution is -2.53. The minimum atomic E-state index is -0.470. The number of hydrogen-bond acceptors (Lipinski definition) is 7. The molecule has 10 nitrogen and oxygen atoms in total. The topological polar surface area (TPSA) is 110 Å². The van der Waals surface area contributed by atoms with Crippen LogP contribution in [0.15, 0.2) is 23.1 Å². The van der Waals surface area contributed by atoms with E-state index in [1.165, 1.54) is 4.57 Å². The number of fused-ring (bicyclic) bond motifs is 1. The number of carbonyl (C=O) groups excluding carboxylic acids is 2. The van der Waals surface area contributed by atoms with Crippen LogP contribution in [0.25, 0.3) is 11.2 Å². The number of nitrogens with one attached hydrogen (secondary N) is 1. The number of carbonyl (C=O) groups is 2. The molecule has 0 saturated carbocycles. The Morgan fingerprint density at radius 1 is 1.26 bits per heavy atom. The van der Waals surface area contributed by atoms with Crippen molar-refractivity contribution in [3.8, 4) is 0 Å². The van der Waals surface area contributed by atoms with Gasteiger partial charge in [0.25, 0.3) is 5.56 Å². The van der Waals surface area contributed by atoms with E-state index in [9.17, 15) is 14.4 Å². The third-order valence-electron chi connectivity index (χ3n) is 4.36. The number of aromatic nitrogens is 3. The number of aryl methyl sites for hydroxylation is 1. The second-order valence-corrected chi connectivity index (χ2v) is 6.08. The summed E-state index contributed by atoms with van der Waals surface area (Å²) in [6, 6.07) is 3.26. The zero-order valence-electron chi connectivity index (χ0n) is 15.3. The molecule has 27 heavy (non-hydrogen) atoms. The maximum atomic E-state index is 12.6. The minimum Gasteiger partial charge on any atom is -0.465 e. The molecule has 1 aliphatic rings. The summed E-state index contributed by atoms with van der Waals surface area (Å²) in [5, 5.41) is 2.54. The van der Waals surface area contributed by atoms with Gasteiger partial charge in [-0.15, -0.1) is 0 Å². The van der Waals surface area contributed by atoms with Gasteiger partial charge in [-0.05, 0) is 19.1 Å². The third kappa shape index (κ3) is 3.99. The van der Waals surface area contributed by atoms with Crippen LogP contribution in [-0.4, -0.2) is 70.8 Å². The molecule has 0 aliphatic carbocycles. The van der Waals surface area contributed by atoms with Crippen LogP contribution >= 0.6 is 0 Å². The molecular weight excluding hydrogens is 352 g/mol. The number of hydrogen-bond donors (Lipinski definition) is 1. The highest BCUT2D eigenvalue weighted by Crippen LogP contribution is 2.13. The second kappa shape index (κ2) is 8.02. The monoisotopic (exact) mass is 374 g/mol. The Morgan fingerprint density at radius 2 is 2.00 bits per heavy atom. The van der Waals surface area contributed by atoms with Gasteiger partial charge < -0.3 is 19.9 Å². The van der Waals surface area contributed by atoms with Crippen molar-refractivity contribution >= 4 is 29.0 Å². The van der Waals surface area contributed by atoms with Gasteiger partial charge in [0.05, 0.1) is 6.61 Å². The number of amides is 2. The fraction of sp³-hybridized carbons (Fsp3) is 0.471. The van der Waals surface area contributed by atoms with Gasteiger partial charge in [-0.1, -0.05) is 0 Å². The van der Waals surface area contributed by atoms with Crippen LogP contribution in [-0.2, 0) is 16.6 Å². The van der Waals surface area contributed by atoms with Crippen LogP contribution in [0.2, 0.25) is 0 Å². The van der Waals surface area contributed by atoms with Crippen molar-refractivity contribution in [2.45, 2.75) is 6.92 Å². The summed E-state index contributed by atoms with van der Waals surface area (Å²) in [4.78, 5) is 48.2. The van der Waals surface area contributed by atoms with Crippen molar-refractivity contribution in [3.63, 3.8) is 0 Å². The van der Waals surface area contributed by atoms with Gasteiger partial charge in [-0.2, -0.15) is 0 Å². The van der Waals surface area contributed by atoms with Crippen LogP contribution < -0.4 is 15.8 Å². The lowest BCUT2D eigenvalue weighted by atomic mass is 10.3. The predicted molar refractivity (Wildman–Crippen MR) is 98.6 cm³/mol. The number of rotatable bonds is 4. The highest BCUT2D eigenvalue weighted by molar-refractivity contribution is 5.81. The maximum Gasteiger partial charge on any atom is 0.325 e. The van der Waals surface area contributed by atoms with Crippen molar-refractivity contribution in [1.82, 2.24) is 24.8 Å². The molecule has 2 amide bonds. The van der Waals surface area contributed by atoms with Crippen LogP contribution in [0.4, 0.5) is 10.6 Å². The van der Waals surface area contributed by atoms with Gasteiger partial charge in [-0.3, -0.25) is 14.2 Å². The lowest BCUT2D eigenvalue weighted by Gasteiger charge is -2.35. The average Bonchev–Trinajstić information content (AvgIpc) is 2.69. The Bertz CT molecular complexity index is 904. The predicted octanol–water partition coefficient (Wildman–Crippen LogP) is -0.277. The summed E-state index contributed by atoms with van der Waals surface area (Å²) < 4.78 is 6.27. The smallest absolute Gasteiger partial charge is 0.325 e. The first-order valence-corrected chi connectivity index (χ1v) is 8.76. The molecule has 2 aromatic rings. The molecule has 3 heterocycles. The molecule has 1 N–H and O–H groups in total. The van der Waals surface area contributed by atoms with Crippen LogP contribution in [0.3, 0.4) is 0 Å². The maximum absolute atomic E-state index is 12.6. The molecule has 0 atom stereocenters. The zero-order chi connectivity index (χ0) is 19.4. The summed E-state index contributed by atoms with van der Waals surface area (Å²) in [6.07, 6.45) is 1.62. The Labute approximate surface area is 155 Å². The molecule has 1 aliphatic heterocycles. The van der Waals surface area contributed by atoms with E-state index in [0.29, 0.717) is 43.2 Å². The van der Waals surface area contributed by atoms with E-state index in [1.54, 1.807) is 31.1 Å². The van der Waals surface area contributed by atoms with Gasteiger partial charge in [0.1, 0.15) is 12.1 Å². The first kappa shape index (κ1) is 18.6. The fourth-order valence-electron chi connectivity index (χ4n) is 2.94. The zero-order valence-corrected chi connectivity index (χ0v) is 15.3. The quantitative estimate of drug-likeness (QED) is 0.733. The highest BCUT2D eigenvalue weighted by Gasteiger charge is 2.24. The molecule has 0 radical (unpaired) electrons. The summed E-state index contributed by atoms with van der Waals surface area (Å²) in [6.45, 7) is 3.61. The molecule has 2 aromatic heterocycles. The minimum absolute atomic E-state index is 0.160. The molecule has 10 heteroatoms. The number of pyridine rings is 1. The lowest BCUT2D eigenvalue weighted by molar-refractivity contribution is -0.141. The fourth-order valence-corrected chi connectivity index (χ4v) is 2.94. The molecule has 0 bridgehead atoms. The largest absolute Gasteiger partial charge is 0.465 e. The van der Waals surface area contributed by atoms with Gasteiger partial charge in [-0.25, -0.2) is 14.8 Å². The molecule has 0 spiro atoms. The Kier molecular flexibility index (Phi) is 5.53. The third-order valence-corrected chi connectivity index (χ3v) is 4.36. The van der Waals surface area contributed by atoms with Crippen molar-refractivity contribution in [2.75, 3.05) is 44.2 Å². The van der Waals surface area contributed by atoms with Crippen LogP contribution in [0.5, 0.6) is 0 Å². The first-order valence-electron chi connectivity index (χ1n) is 8.76. The van der Waals surface area contributed by atoms with E-state index >= 15 is 0 Å². The standard InChI is InChI=1S/C17H22N6O4/c1-3-27-13(24)11-19-17(26)23-9-7-22(8-10-23)15-16(25)21(2)14-12(20-15)5-4-6-18-14/h4-6H,3,7-11H2,1-2H3,(H,19,26). The number of urea groups is 1. The van der Waals surface area contributed by atoms with Gasteiger partial charge in [0.15, 0.2) is 11.5 Å². The van der Waals surface area contributed by atoms with Crippen LogP contribution in [0, 0.1) is 0 Å². The Hall–Kier alpha value is -3.17. The second-order valence-electron chi connectivity index (χ2n) is 6.08. The van der Waals surface area contributed by atoms with Crippen molar-refractivity contribution in [2.24, 2.45) is 7.05 Å². The van der Waals surface area contributed by atoms with Crippen molar-refractivity contribution in [1.29, 1.82) is 0 Å².